The molecule has 0 spiro atoms. The van der Waals surface area contributed by atoms with Gasteiger partial charge in [0, 0.05) is 12.1 Å². The molecule has 1 aliphatic carbocycles. The summed E-state index contributed by atoms with van der Waals surface area (Å²) in [5.41, 5.74) is 7.30. The van der Waals surface area contributed by atoms with Crippen LogP contribution < -0.4 is 20.5 Å². The van der Waals surface area contributed by atoms with Gasteiger partial charge in [-0.25, -0.2) is 0 Å². The van der Waals surface area contributed by atoms with Crippen molar-refractivity contribution >= 4 is 11.4 Å². The quantitative estimate of drug-likeness (QED) is 0.746. The summed E-state index contributed by atoms with van der Waals surface area (Å²) in [5.74, 6) is 2.14. The highest BCUT2D eigenvalue weighted by Crippen LogP contribution is 2.40. The molecule has 2 aliphatic rings. The second-order valence-electron chi connectivity index (χ2n) is 6.33. The van der Waals surface area contributed by atoms with Gasteiger partial charge in [-0.1, -0.05) is 6.92 Å². The van der Waals surface area contributed by atoms with Crippen molar-refractivity contribution in [3.63, 3.8) is 0 Å². The number of nitrogen functional groups attached to an aromatic ring is 1. The molecule has 3 rings (SSSR count). The van der Waals surface area contributed by atoms with E-state index in [9.17, 15) is 5.11 Å². The smallest absolute Gasteiger partial charge is 0.163 e. The minimum Gasteiger partial charge on any atom is -0.486 e. The summed E-state index contributed by atoms with van der Waals surface area (Å²) in [5, 5.41) is 13.3. The maximum absolute atomic E-state index is 9.86. The molecule has 1 aliphatic heterocycles. The van der Waals surface area contributed by atoms with Crippen molar-refractivity contribution in [1.29, 1.82) is 0 Å². The second-order valence-corrected chi connectivity index (χ2v) is 6.33. The van der Waals surface area contributed by atoms with Crippen LogP contribution >= 0.6 is 0 Å². The molecule has 5 heteroatoms. The third-order valence-corrected chi connectivity index (χ3v) is 4.65. The number of ether oxygens (including phenoxy) is 2. The Morgan fingerprint density at radius 1 is 1.24 bits per heavy atom. The van der Waals surface area contributed by atoms with Crippen LogP contribution in [0.5, 0.6) is 11.5 Å². The van der Waals surface area contributed by atoms with Gasteiger partial charge in [0.2, 0.25) is 0 Å². The number of aliphatic hydroxyl groups is 1. The Morgan fingerprint density at radius 3 is 2.48 bits per heavy atom. The number of benzene rings is 1. The minimum absolute atomic E-state index is 0.119. The zero-order chi connectivity index (χ0) is 14.9. The summed E-state index contributed by atoms with van der Waals surface area (Å²) >= 11 is 0. The van der Waals surface area contributed by atoms with E-state index in [0.717, 1.165) is 43.0 Å². The van der Waals surface area contributed by atoms with Crippen LogP contribution in [0.2, 0.25) is 0 Å². The van der Waals surface area contributed by atoms with Crippen LogP contribution in [-0.4, -0.2) is 30.5 Å². The van der Waals surface area contributed by atoms with Crippen LogP contribution in [0.15, 0.2) is 12.1 Å². The second kappa shape index (κ2) is 5.64. The Hall–Kier alpha value is -1.62. The fourth-order valence-electron chi connectivity index (χ4n) is 3.14. The van der Waals surface area contributed by atoms with Gasteiger partial charge in [0.15, 0.2) is 11.5 Å². The summed E-state index contributed by atoms with van der Waals surface area (Å²) in [6, 6.07) is 3.69. The number of nitrogens with two attached hydrogens (primary N) is 1. The molecule has 0 unspecified atom stereocenters. The largest absolute Gasteiger partial charge is 0.486 e. The number of hydrogen-bond acceptors (Lipinski definition) is 5. The highest BCUT2D eigenvalue weighted by molar-refractivity contribution is 5.73. The lowest BCUT2D eigenvalue weighted by Crippen LogP contribution is -2.45. The van der Waals surface area contributed by atoms with Gasteiger partial charge in [-0.2, -0.15) is 0 Å². The van der Waals surface area contributed by atoms with Crippen molar-refractivity contribution in [2.75, 3.05) is 30.9 Å². The van der Waals surface area contributed by atoms with Crippen LogP contribution in [0.1, 0.15) is 32.6 Å². The molecule has 1 fully saturated rings. The number of nitrogens with one attached hydrogen (secondary N) is 1. The van der Waals surface area contributed by atoms with Crippen LogP contribution in [0.25, 0.3) is 0 Å². The van der Waals surface area contributed by atoms with E-state index < -0.39 is 0 Å². The van der Waals surface area contributed by atoms with E-state index in [1.807, 2.05) is 6.07 Å². The third-order valence-electron chi connectivity index (χ3n) is 4.65. The Kier molecular flexibility index (Phi) is 3.85. The lowest BCUT2D eigenvalue weighted by molar-refractivity contribution is 0.155. The van der Waals surface area contributed by atoms with Crippen molar-refractivity contribution in [3.05, 3.63) is 12.1 Å². The van der Waals surface area contributed by atoms with Crippen molar-refractivity contribution < 1.29 is 14.6 Å². The maximum Gasteiger partial charge on any atom is 0.163 e. The Labute approximate surface area is 125 Å². The molecule has 0 amide bonds. The van der Waals surface area contributed by atoms with E-state index in [-0.39, 0.29) is 12.1 Å². The predicted molar refractivity (Wildman–Crippen MR) is 82.9 cm³/mol. The van der Waals surface area contributed by atoms with Crippen LogP contribution in [0.3, 0.4) is 0 Å². The number of aliphatic hydroxyl groups excluding tert-OH is 1. The van der Waals surface area contributed by atoms with E-state index in [1.54, 1.807) is 6.07 Å². The molecule has 0 radical (unpaired) electrons. The molecule has 0 atom stereocenters. The molecule has 4 N–H and O–H groups in total. The number of fused-ring (bicyclic) bond motifs is 1. The van der Waals surface area contributed by atoms with Gasteiger partial charge in [0.25, 0.3) is 0 Å². The number of hydrogen-bond donors (Lipinski definition) is 3. The van der Waals surface area contributed by atoms with Gasteiger partial charge in [-0.05, 0) is 31.6 Å². The summed E-state index contributed by atoms with van der Waals surface area (Å²) in [4.78, 5) is 0. The average molecular weight is 292 g/mol. The molecule has 0 aromatic heterocycles. The van der Waals surface area contributed by atoms with E-state index in [0.29, 0.717) is 24.7 Å². The molecule has 1 aromatic rings. The van der Waals surface area contributed by atoms with Gasteiger partial charge in [0.05, 0.1) is 23.5 Å². The molecule has 21 heavy (non-hydrogen) atoms. The zero-order valence-electron chi connectivity index (χ0n) is 12.5. The number of anilines is 2. The van der Waals surface area contributed by atoms with E-state index >= 15 is 0 Å². The first kappa shape index (κ1) is 14.3. The SMILES string of the molecule is CC1CCC(CO)(Nc2cc3c(cc2N)OCCO3)CC1. The summed E-state index contributed by atoms with van der Waals surface area (Å²) in [6.07, 6.45) is 4.16. The predicted octanol–water partition coefficient (Wildman–Crippen LogP) is 2.39. The van der Waals surface area contributed by atoms with Crippen LogP contribution in [0.4, 0.5) is 11.4 Å². The average Bonchev–Trinajstić information content (AvgIpc) is 2.50. The molecule has 5 nitrogen and oxygen atoms in total. The molecule has 1 heterocycles. The van der Waals surface area contributed by atoms with Gasteiger partial charge in [-0.3, -0.25) is 0 Å². The Morgan fingerprint density at radius 2 is 1.86 bits per heavy atom. The fraction of sp³-hybridized carbons (Fsp3) is 0.625. The van der Waals surface area contributed by atoms with Crippen LogP contribution in [0, 0.1) is 5.92 Å². The van der Waals surface area contributed by atoms with Crippen molar-refractivity contribution in [1.82, 2.24) is 0 Å². The maximum atomic E-state index is 9.86. The summed E-state index contributed by atoms with van der Waals surface area (Å²) < 4.78 is 11.1. The molecular formula is C16H24N2O3. The van der Waals surface area contributed by atoms with E-state index in [2.05, 4.69) is 12.2 Å². The fourth-order valence-corrected chi connectivity index (χ4v) is 3.14. The van der Waals surface area contributed by atoms with Gasteiger partial charge in [-0.15, -0.1) is 0 Å². The van der Waals surface area contributed by atoms with Crippen molar-refractivity contribution in [3.8, 4) is 11.5 Å². The Bertz CT molecular complexity index is 510. The van der Waals surface area contributed by atoms with Crippen molar-refractivity contribution in [2.24, 2.45) is 5.92 Å². The first-order valence-electron chi connectivity index (χ1n) is 7.70. The highest BCUT2D eigenvalue weighted by atomic mass is 16.6. The molecule has 1 aromatic carbocycles. The summed E-state index contributed by atoms with van der Waals surface area (Å²) in [6.45, 7) is 3.49. The normalized spacial score (nSPS) is 28.2. The lowest BCUT2D eigenvalue weighted by atomic mass is 9.77. The first-order chi connectivity index (χ1) is 10.1. The molecular weight excluding hydrogens is 268 g/mol. The topological polar surface area (TPSA) is 76.7 Å². The Balaban J connectivity index is 1.83. The van der Waals surface area contributed by atoms with Crippen LogP contribution in [-0.2, 0) is 0 Å². The zero-order valence-corrected chi connectivity index (χ0v) is 12.5. The van der Waals surface area contributed by atoms with Gasteiger partial charge >= 0.3 is 0 Å². The molecule has 0 saturated heterocycles. The van der Waals surface area contributed by atoms with Crippen molar-refractivity contribution in [2.45, 2.75) is 38.1 Å². The lowest BCUT2D eigenvalue weighted by Gasteiger charge is -2.40. The highest BCUT2D eigenvalue weighted by Gasteiger charge is 2.34. The minimum atomic E-state index is -0.273. The van der Waals surface area contributed by atoms with Gasteiger partial charge < -0.3 is 25.6 Å². The molecule has 1 saturated carbocycles. The first-order valence-corrected chi connectivity index (χ1v) is 7.70. The standard InChI is InChI=1S/C16H24N2O3/c1-11-2-4-16(10-19,5-3-11)18-13-9-15-14(8-12(13)17)20-6-7-21-15/h8-9,11,18-19H,2-7,10,17H2,1H3. The van der Waals surface area contributed by atoms with E-state index in [1.165, 1.54) is 0 Å². The number of rotatable bonds is 3. The summed E-state index contributed by atoms with van der Waals surface area (Å²) in [7, 11) is 0. The third kappa shape index (κ3) is 2.88. The molecule has 116 valence electrons. The van der Waals surface area contributed by atoms with E-state index in [4.69, 9.17) is 15.2 Å². The van der Waals surface area contributed by atoms with Gasteiger partial charge in [0.1, 0.15) is 13.2 Å². The monoisotopic (exact) mass is 292 g/mol. The molecule has 0 bridgehead atoms.